The number of hydrogen-bond donors (Lipinski definition) is 0. The van der Waals surface area contributed by atoms with Gasteiger partial charge in [-0.15, -0.1) is 0 Å². The molecule has 0 bridgehead atoms. The fraction of sp³-hybridized carbons (Fsp3) is 0.818. The normalized spacial score (nSPS) is 14.4. The van der Waals surface area contributed by atoms with E-state index in [9.17, 15) is 0 Å². The van der Waals surface area contributed by atoms with Crippen LogP contribution in [0.2, 0.25) is 0 Å². The minimum absolute atomic E-state index is 0.300. The quantitative estimate of drug-likeness (QED) is 0.585. The summed E-state index contributed by atoms with van der Waals surface area (Å²) in [5.74, 6) is 1.84. The highest BCUT2D eigenvalue weighted by Gasteiger charge is 2.23. The third kappa shape index (κ3) is 3.22. The molecule has 0 N–H and O–H groups in total. The first-order valence-corrected chi connectivity index (χ1v) is 6.03. The first kappa shape index (κ1) is 12.1. The molecule has 0 fully saturated rings. The van der Waals surface area contributed by atoms with Crippen molar-refractivity contribution in [1.82, 2.24) is 0 Å². The summed E-state index contributed by atoms with van der Waals surface area (Å²) in [7, 11) is 0. The van der Waals surface area contributed by atoms with Crippen LogP contribution in [0.25, 0.3) is 0 Å². The van der Waals surface area contributed by atoms with Crippen LogP contribution in [0.4, 0.5) is 0 Å². The number of thioether (sulfide) groups is 1. The molecule has 0 aliphatic heterocycles. The van der Waals surface area contributed by atoms with Crippen molar-refractivity contribution in [2.45, 2.75) is 34.1 Å². The molecule has 0 radical (unpaired) electrons. The summed E-state index contributed by atoms with van der Waals surface area (Å²) in [4.78, 5) is 0. The summed E-state index contributed by atoms with van der Waals surface area (Å²) >= 11 is 1.90. The Labute approximate surface area is 81.8 Å². The van der Waals surface area contributed by atoms with Crippen LogP contribution in [0.3, 0.4) is 0 Å². The van der Waals surface area contributed by atoms with Crippen molar-refractivity contribution in [1.29, 1.82) is 0 Å². The minimum Gasteiger partial charge on any atom is -0.165 e. The standard InChI is InChI=1S/C11H22S/c1-7-9(2)10(3)11(4,5)8-12-6/h9H,3,7-8H2,1-2,4-6H3. The second-order valence-corrected chi connectivity index (χ2v) is 5.02. The average Bonchev–Trinajstić information content (AvgIpc) is 2.01. The van der Waals surface area contributed by atoms with Crippen LogP contribution in [0.1, 0.15) is 34.1 Å². The first-order chi connectivity index (χ1) is 5.45. The van der Waals surface area contributed by atoms with Gasteiger partial charge in [-0.05, 0) is 24.0 Å². The lowest BCUT2D eigenvalue weighted by molar-refractivity contribution is 0.440. The average molecular weight is 186 g/mol. The maximum Gasteiger partial charge on any atom is 0.00185 e. The van der Waals surface area contributed by atoms with E-state index < -0.39 is 0 Å². The van der Waals surface area contributed by atoms with Gasteiger partial charge in [0, 0.05) is 5.75 Å². The summed E-state index contributed by atoms with van der Waals surface area (Å²) in [5, 5.41) is 0. The van der Waals surface area contributed by atoms with Crippen LogP contribution >= 0.6 is 11.8 Å². The highest BCUT2D eigenvalue weighted by atomic mass is 32.2. The molecule has 0 heterocycles. The second kappa shape index (κ2) is 4.96. The summed E-state index contributed by atoms with van der Waals surface area (Å²) in [5.41, 5.74) is 1.70. The smallest absolute Gasteiger partial charge is 0.00185 e. The number of rotatable bonds is 5. The number of allylic oxidation sites excluding steroid dienone is 1. The summed E-state index contributed by atoms with van der Waals surface area (Å²) in [6, 6.07) is 0. The van der Waals surface area contributed by atoms with Gasteiger partial charge in [0.15, 0.2) is 0 Å². The molecule has 0 aromatic rings. The van der Waals surface area contributed by atoms with Crippen LogP contribution in [-0.4, -0.2) is 12.0 Å². The topological polar surface area (TPSA) is 0 Å². The highest BCUT2D eigenvalue weighted by molar-refractivity contribution is 7.98. The van der Waals surface area contributed by atoms with Crippen LogP contribution in [0.5, 0.6) is 0 Å². The molecule has 12 heavy (non-hydrogen) atoms. The second-order valence-electron chi connectivity index (χ2n) is 4.15. The van der Waals surface area contributed by atoms with Gasteiger partial charge >= 0.3 is 0 Å². The van der Waals surface area contributed by atoms with Crippen molar-refractivity contribution in [3.8, 4) is 0 Å². The molecule has 0 spiro atoms. The van der Waals surface area contributed by atoms with Gasteiger partial charge in [0.2, 0.25) is 0 Å². The van der Waals surface area contributed by atoms with Gasteiger partial charge in [-0.25, -0.2) is 0 Å². The molecule has 0 amide bonds. The van der Waals surface area contributed by atoms with Gasteiger partial charge in [0.25, 0.3) is 0 Å². The fourth-order valence-electron chi connectivity index (χ4n) is 1.37. The molecule has 0 saturated carbocycles. The van der Waals surface area contributed by atoms with Crippen molar-refractivity contribution in [3.05, 3.63) is 12.2 Å². The van der Waals surface area contributed by atoms with E-state index in [1.165, 1.54) is 17.7 Å². The molecule has 1 atom stereocenters. The summed E-state index contributed by atoms with van der Waals surface area (Å²) in [6.07, 6.45) is 3.36. The molecule has 0 aromatic carbocycles. The Kier molecular flexibility index (Phi) is 5.00. The van der Waals surface area contributed by atoms with Crippen molar-refractivity contribution in [3.63, 3.8) is 0 Å². The van der Waals surface area contributed by atoms with E-state index in [-0.39, 0.29) is 0 Å². The lowest BCUT2D eigenvalue weighted by Crippen LogP contribution is -2.21. The van der Waals surface area contributed by atoms with E-state index in [0.29, 0.717) is 11.3 Å². The van der Waals surface area contributed by atoms with E-state index >= 15 is 0 Å². The third-order valence-corrected chi connectivity index (χ3v) is 3.59. The molecule has 0 aliphatic rings. The zero-order valence-corrected chi connectivity index (χ0v) is 9.92. The van der Waals surface area contributed by atoms with E-state index in [1.54, 1.807) is 0 Å². The lowest BCUT2D eigenvalue weighted by atomic mass is 9.79. The maximum atomic E-state index is 4.20. The largest absolute Gasteiger partial charge is 0.165 e. The number of hydrogen-bond acceptors (Lipinski definition) is 1. The molecule has 0 aliphatic carbocycles. The van der Waals surface area contributed by atoms with E-state index in [1.807, 2.05) is 11.8 Å². The first-order valence-electron chi connectivity index (χ1n) is 4.64. The predicted octanol–water partition coefficient (Wildman–Crippen LogP) is 3.98. The molecule has 1 unspecified atom stereocenters. The van der Waals surface area contributed by atoms with Gasteiger partial charge in [-0.2, -0.15) is 11.8 Å². The molecule has 0 nitrogen and oxygen atoms in total. The molecular weight excluding hydrogens is 164 g/mol. The Morgan fingerprint density at radius 1 is 1.50 bits per heavy atom. The SMILES string of the molecule is C=C(C(C)CC)C(C)(C)CSC. The molecule has 1 heteroatoms. The summed E-state index contributed by atoms with van der Waals surface area (Å²) in [6.45, 7) is 13.3. The Balaban J connectivity index is 4.24. The van der Waals surface area contributed by atoms with Crippen molar-refractivity contribution >= 4 is 11.8 Å². The Hall–Kier alpha value is 0.0900. The Morgan fingerprint density at radius 3 is 2.33 bits per heavy atom. The zero-order chi connectivity index (χ0) is 9.78. The Bertz CT molecular complexity index is 147. The van der Waals surface area contributed by atoms with E-state index in [4.69, 9.17) is 0 Å². The van der Waals surface area contributed by atoms with Gasteiger partial charge in [0.05, 0.1) is 0 Å². The fourth-order valence-corrected chi connectivity index (χ4v) is 2.27. The minimum atomic E-state index is 0.300. The van der Waals surface area contributed by atoms with E-state index in [2.05, 4.69) is 40.5 Å². The van der Waals surface area contributed by atoms with Crippen LogP contribution in [-0.2, 0) is 0 Å². The van der Waals surface area contributed by atoms with Crippen molar-refractivity contribution in [2.75, 3.05) is 12.0 Å². The Morgan fingerprint density at radius 2 is 2.00 bits per heavy atom. The van der Waals surface area contributed by atoms with Crippen molar-refractivity contribution < 1.29 is 0 Å². The molecular formula is C11H22S. The third-order valence-electron chi connectivity index (χ3n) is 2.58. The molecule has 0 rings (SSSR count). The summed E-state index contributed by atoms with van der Waals surface area (Å²) < 4.78 is 0. The van der Waals surface area contributed by atoms with Crippen LogP contribution in [0.15, 0.2) is 12.2 Å². The highest BCUT2D eigenvalue weighted by Crippen LogP contribution is 2.34. The van der Waals surface area contributed by atoms with Gasteiger partial charge in [-0.3, -0.25) is 0 Å². The van der Waals surface area contributed by atoms with Gasteiger partial charge in [0.1, 0.15) is 0 Å². The maximum absolute atomic E-state index is 4.20. The monoisotopic (exact) mass is 186 g/mol. The molecule has 0 saturated heterocycles. The van der Waals surface area contributed by atoms with E-state index in [0.717, 1.165) is 0 Å². The lowest BCUT2D eigenvalue weighted by Gasteiger charge is -2.30. The van der Waals surface area contributed by atoms with Crippen molar-refractivity contribution in [2.24, 2.45) is 11.3 Å². The van der Waals surface area contributed by atoms with Gasteiger partial charge < -0.3 is 0 Å². The predicted molar refractivity (Wildman–Crippen MR) is 60.8 cm³/mol. The molecule has 72 valence electrons. The van der Waals surface area contributed by atoms with Crippen LogP contribution < -0.4 is 0 Å². The van der Waals surface area contributed by atoms with Crippen LogP contribution in [0, 0.1) is 11.3 Å². The zero-order valence-electron chi connectivity index (χ0n) is 9.11. The molecule has 0 aromatic heterocycles. The van der Waals surface area contributed by atoms with Gasteiger partial charge in [-0.1, -0.05) is 39.8 Å².